The normalized spacial score (nSPS) is 6.59. The largest absolute Gasteiger partial charge is 1.00 e. The van der Waals surface area contributed by atoms with Crippen LogP contribution < -0.4 is 267 Å². The third-order valence-electron chi connectivity index (χ3n) is 1.33. The molecule has 0 saturated carbocycles. The Kier molecular flexibility index (Phi) is 41.5. The molecule has 0 saturated heterocycles. The van der Waals surface area contributed by atoms with Gasteiger partial charge in [-0.3, -0.25) is 0 Å². The molecule has 0 bridgehead atoms. The van der Waals surface area contributed by atoms with Crippen LogP contribution in [0.1, 0.15) is 20.7 Å². The van der Waals surface area contributed by atoms with Crippen molar-refractivity contribution in [3.05, 3.63) is 35.4 Å². The molecule has 62 valence electrons. The third-order valence-corrected chi connectivity index (χ3v) is 1.33. The Morgan fingerprint density at radius 2 is 1.06 bits per heavy atom. The molecule has 0 aliphatic heterocycles. The second-order valence-electron chi connectivity index (χ2n) is 2.16. The molecule has 0 amide bonds. The fraction of sp³-hybridized carbons (Fsp3) is 0. The van der Waals surface area contributed by atoms with Gasteiger partial charge in [-0.1, -0.05) is 18.2 Å². The SMILES string of the molecule is O=C([O-])c1cccc(C(=O)[O-])c1.[K+].[K+].[K+].[K+].[K+]. The second kappa shape index (κ2) is 20.4. The summed E-state index contributed by atoms with van der Waals surface area (Å²) < 4.78 is 0. The van der Waals surface area contributed by atoms with E-state index >= 15 is 0 Å². The van der Waals surface area contributed by atoms with Crippen molar-refractivity contribution in [2.45, 2.75) is 0 Å². The summed E-state index contributed by atoms with van der Waals surface area (Å²) >= 11 is 0. The number of benzene rings is 1. The van der Waals surface area contributed by atoms with E-state index < -0.39 is 11.9 Å². The molecule has 4 nitrogen and oxygen atoms in total. The molecule has 0 spiro atoms. The van der Waals surface area contributed by atoms with E-state index in [9.17, 15) is 19.8 Å². The van der Waals surface area contributed by atoms with Crippen molar-refractivity contribution in [1.82, 2.24) is 0 Å². The molecule has 1 rings (SSSR count). The summed E-state index contributed by atoms with van der Waals surface area (Å²) in [6.45, 7) is 0. The summed E-state index contributed by atoms with van der Waals surface area (Å²) in [5.41, 5.74) is -0.339. The predicted octanol–water partition coefficient (Wildman–Crippen LogP) is -16.6. The monoisotopic (exact) mass is 359 g/mol. The fourth-order valence-corrected chi connectivity index (χ4v) is 0.773. The maximum Gasteiger partial charge on any atom is 1.00 e. The van der Waals surface area contributed by atoms with Gasteiger partial charge in [-0.05, 0) is 17.2 Å². The van der Waals surface area contributed by atoms with Crippen LogP contribution in [0.3, 0.4) is 0 Å². The van der Waals surface area contributed by atoms with Crippen molar-refractivity contribution in [2.75, 3.05) is 0 Å². The molecule has 0 aromatic heterocycles. The number of hydrogen-bond acceptors (Lipinski definition) is 4. The van der Waals surface area contributed by atoms with Gasteiger partial charge in [-0.15, -0.1) is 0 Å². The van der Waals surface area contributed by atoms with Gasteiger partial charge in [-0.25, -0.2) is 0 Å². The Balaban J connectivity index is -0.0000000960. The van der Waals surface area contributed by atoms with Crippen LogP contribution in [0, 0.1) is 0 Å². The molecule has 17 heavy (non-hydrogen) atoms. The number of aromatic carboxylic acids is 2. The molecule has 0 radical (unpaired) electrons. The van der Waals surface area contributed by atoms with Crippen LogP contribution in [0.25, 0.3) is 0 Å². The van der Waals surface area contributed by atoms with Crippen LogP contribution in [-0.2, 0) is 0 Å². The zero-order valence-corrected chi connectivity index (χ0v) is 26.6. The van der Waals surface area contributed by atoms with Crippen LogP contribution in [0.5, 0.6) is 0 Å². The Morgan fingerprint density at radius 3 is 1.29 bits per heavy atom. The fourth-order valence-electron chi connectivity index (χ4n) is 0.773. The minimum absolute atomic E-state index is 0. The van der Waals surface area contributed by atoms with Gasteiger partial charge in [0.2, 0.25) is 0 Å². The maximum atomic E-state index is 10.3. The van der Waals surface area contributed by atoms with Gasteiger partial charge in [0.15, 0.2) is 0 Å². The van der Waals surface area contributed by atoms with E-state index in [4.69, 9.17) is 0 Å². The van der Waals surface area contributed by atoms with Gasteiger partial charge in [0.1, 0.15) is 0 Å². The molecule has 0 aliphatic rings. The van der Waals surface area contributed by atoms with E-state index in [0.717, 1.165) is 6.07 Å². The molecule has 0 atom stereocenters. The van der Waals surface area contributed by atoms with E-state index in [1.165, 1.54) is 18.2 Å². The van der Waals surface area contributed by atoms with E-state index in [1.54, 1.807) is 0 Å². The number of carboxylic acid groups (broad SMARTS) is 2. The van der Waals surface area contributed by atoms with Crippen molar-refractivity contribution < 1.29 is 277 Å². The molecule has 0 N–H and O–H groups in total. The molecule has 0 heterocycles. The zero-order chi connectivity index (χ0) is 9.14. The van der Waals surface area contributed by atoms with Crippen LogP contribution in [0.15, 0.2) is 24.3 Å². The Labute approximate surface area is 313 Å². The maximum absolute atomic E-state index is 10.3. The second-order valence-corrected chi connectivity index (χ2v) is 2.16. The van der Waals surface area contributed by atoms with Gasteiger partial charge in [0.25, 0.3) is 0 Å². The molecule has 9 heteroatoms. The molecule has 1 aromatic carbocycles. The zero-order valence-electron chi connectivity index (χ0n) is 10.9. The molecular formula is C8H4K5O4+3. The summed E-state index contributed by atoms with van der Waals surface area (Å²) in [5.74, 6) is -2.81. The van der Waals surface area contributed by atoms with Crippen LogP contribution in [0.4, 0.5) is 0 Å². The number of carbonyl (C=O) groups excluding carboxylic acids is 2. The van der Waals surface area contributed by atoms with Crippen LogP contribution in [0.2, 0.25) is 0 Å². The summed E-state index contributed by atoms with van der Waals surface area (Å²) in [6.07, 6.45) is 0. The quantitative estimate of drug-likeness (QED) is 0.491. The minimum Gasteiger partial charge on any atom is -0.545 e. The first-order valence-corrected chi connectivity index (χ1v) is 3.14. The summed E-state index contributed by atoms with van der Waals surface area (Å²) in [6, 6.07) is 4.81. The minimum atomic E-state index is -1.40. The van der Waals surface area contributed by atoms with Gasteiger partial charge >= 0.3 is 257 Å². The number of carbonyl (C=O) groups is 2. The average Bonchev–Trinajstić information content (AvgIpc) is 2.04. The molecular weight excluding hydrogens is 356 g/mol. The average molecular weight is 360 g/mol. The Hall–Kier alpha value is 6.34. The molecule has 0 fully saturated rings. The standard InChI is InChI=1S/C8H6O4.5K/c9-7(10)5-2-1-3-6(4-5)8(11)12;;;;;/h1-4H,(H,9,10)(H,11,12);;;;;/q;5*+1/p-2. The Morgan fingerprint density at radius 1 is 0.765 bits per heavy atom. The summed E-state index contributed by atoms with van der Waals surface area (Å²) in [4.78, 5) is 20.5. The summed E-state index contributed by atoms with van der Waals surface area (Å²) in [5, 5.41) is 20.5. The van der Waals surface area contributed by atoms with Crippen molar-refractivity contribution in [3.63, 3.8) is 0 Å². The molecule has 0 unspecified atom stereocenters. The van der Waals surface area contributed by atoms with Crippen molar-refractivity contribution >= 4 is 11.9 Å². The first-order chi connectivity index (χ1) is 5.61. The smallest absolute Gasteiger partial charge is 0.545 e. The number of hydrogen-bond donors (Lipinski definition) is 0. The topological polar surface area (TPSA) is 80.3 Å². The van der Waals surface area contributed by atoms with Crippen LogP contribution >= 0.6 is 0 Å². The van der Waals surface area contributed by atoms with E-state index in [1.807, 2.05) is 0 Å². The third kappa shape index (κ3) is 15.6. The van der Waals surface area contributed by atoms with Gasteiger partial charge in [0, 0.05) is 0 Å². The van der Waals surface area contributed by atoms with E-state index in [-0.39, 0.29) is 268 Å². The summed E-state index contributed by atoms with van der Waals surface area (Å²) in [7, 11) is 0. The predicted molar refractivity (Wildman–Crippen MR) is 35.1 cm³/mol. The van der Waals surface area contributed by atoms with E-state index in [2.05, 4.69) is 0 Å². The van der Waals surface area contributed by atoms with Gasteiger partial charge in [0.05, 0.1) is 11.9 Å². The van der Waals surface area contributed by atoms with Crippen LogP contribution in [-0.4, -0.2) is 11.9 Å². The van der Waals surface area contributed by atoms with Crippen molar-refractivity contribution in [2.24, 2.45) is 0 Å². The molecule has 0 aliphatic carbocycles. The van der Waals surface area contributed by atoms with Gasteiger partial charge in [-0.2, -0.15) is 0 Å². The van der Waals surface area contributed by atoms with Crippen molar-refractivity contribution in [1.29, 1.82) is 0 Å². The number of rotatable bonds is 2. The van der Waals surface area contributed by atoms with E-state index in [0.29, 0.717) is 0 Å². The molecule has 1 aromatic rings. The number of carboxylic acids is 2. The Bertz CT molecular complexity index is 315. The van der Waals surface area contributed by atoms with Crippen molar-refractivity contribution in [3.8, 4) is 0 Å². The first-order valence-electron chi connectivity index (χ1n) is 3.14. The first kappa shape index (κ1) is 34.6. The van der Waals surface area contributed by atoms with Gasteiger partial charge < -0.3 is 19.8 Å².